The topological polar surface area (TPSA) is 57.7 Å². The zero-order chi connectivity index (χ0) is 16.9. The van der Waals surface area contributed by atoms with E-state index in [1.807, 2.05) is 25.1 Å². The van der Waals surface area contributed by atoms with Crippen LogP contribution in [0.5, 0.6) is 0 Å². The Hall–Kier alpha value is -1.05. The summed E-state index contributed by atoms with van der Waals surface area (Å²) in [5.41, 5.74) is 1.20. The van der Waals surface area contributed by atoms with E-state index in [1.54, 1.807) is 23.6 Å². The van der Waals surface area contributed by atoms with Crippen molar-refractivity contribution in [3.63, 3.8) is 0 Å². The summed E-state index contributed by atoms with van der Waals surface area (Å²) in [5.74, 6) is 1.02. The molecule has 1 atom stereocenters. The van der Waals surface area contributed by atoms with Crippen molar-refractivity contribution in [3.8, 4) is 0 Å². The SMILES string of the molecule is CCS(=O)(=O)N1CCN(C(=O)[C@@H](C)SCc2ccccc2)CC1. The molecule has 1 amide bonds. The molecule has 23 heavy (non-hydrogen) atoms. The van der Waals surface area contributed by atoms with E-state index in [9.17, 15) is 13.2 Å². The normalized spacial score (nSPS) is 17.9. The lowest BCUT2D eigenvalue weighted by Crippen LogP contribution is -2.52. The van der Waals surface area contributed by atoms with Crippen LogP contribution in [0, 0.1) is 0 Å². The molecule has 1 heterocycles. The predicted molar refractivity (Wildman–Crippen MR) is 94.8 cm³/mol. The third kappa shape index (κ3) is 4.96. The van der Waals surface area contributed by atoms with Gasteiger partial charge < -0.3 is 4.90 Å². The minimum absolute atomic E-state index is 0.0967. The molecule has 0 aliphatic carbocycles. The highest BCUT2D eigenvalue weighted by Gasteiger charge is 2.29. The number of amides is 1. The molecule has 1 aromatic carbocycles. The second-order valence-electron chi connectivity index (χ2n) is 5.56. The van der Waals surface area contributed by atoms with Crippen LogP contribution in [0.1, 0.15) is 19.4 Å². The van der Waals surface area contributed by atoms with Gasteiger partial charge in [-0.05, 0) is 19.4 Å². The second kappa shape index (κ2) is 8.17. The number of carbonyl (C=O) groups is 1. The molecule has 0 radical (unpaired) electrons. The van der Waals surface area contributed by atoms with Crippen LogP contribution in [0.3, 0.4) is 0 Å². The average molecular weight is 357 g/mol. The largest absolute Gasteiger partial charge is 0.339 e. The summed E-state index contributed by atoms with van der Waals surface area (Å²) < 4.78 is 25.2. The lowest BCUT2D eigenvalue weighted by molar-refractivity contribution is -0.131. The Balaban J connectivity index is 1.82. The van der Waals surface area contributed by atoms with E-state index in [-0.39, 0.29) is 16.9 Å². The van der Waals surface area contributed by atoms with Gasteiger partial charge >= 0.3 is 0 Å². The van der Waals surface area contributed by atoms with Crippen LogP contribution in [0.2, 0.25) is 0 Å². The first-order valence-corrected chi connectivity index (χ1v) is 10.5. The van der Waals surface area contributed by atoms with Gasteiger partial charge in [-0.1, -0.05) is 30.3 Å². The van der Waals surface area contributed by atoms with Crippen LogP contribution in [0.25, 0.3) is 0 Å². The number of hydrogen-bond donors (Lipinski definition) is 0. The van der Waals surface area contributed by atoms with Crippen LogP contribution < -0.4 is 0 Å². The van der Waals surface area contributed by atoms with Crippen LogP contribution in [-0.2, 0) is 20.6 Å². The Kier molecular flexibility index (Phi) is 6.50. The average Bonchev–Trinajstić information content (AvgIpc) is 2.60. The third-order valence-corrected chi connectivity index (χ3v) is 7.08. The standard InChI is InChI=1S/C16H24N2O3S2/c1-3-23(20,21)18-11-9-17(10-12-18)16(19)14(2)22-13-15-7-5-4-6-8-15/h4-8,14H,3,9-13H2,1-2H3/t14-/m1/s1. The van der Waals surface area contributed by atoms with Gasteiger partial charge in [-0.25, -0.2) is 8.42 Å². The van der Waals surface area contributed by atoms with Crippen LogP contribution in [0.4, 0.5) is 0 Å². The third-order valence-electron chi connectivity index (χ3n) is 4.00. The molecule has 0 unspecified atom stereocenters. The van der Waals surface area contributed by atoms with E-state index in [0.717, 1.165) is 5.75 Å². The second-order valence-corrected chi connectivity index (χ2v) is 9.15. The van der Waals surface area contributed by atoms with Crippen molar-refractivity contribution >= 4 is 27.7 Å². The van der Waals surface area contributed by atoms with Crippen molar-refractivity contribution in [1.82, 2.24) is 9.21 Å². The van der Waals surface area contributed by atoms with Crippen molar-refractivity contribution in [1.29, 1.82) is 0 Å². The van der Waals surface area contributed by atoms with E-state index >= 15 is 0 Å². The van der Waals surface area contributed by atoms with Crippen molar-refractivity contribution in [2.24, 2.45) is 0 Å². The maximum Gasteiger partial charge on any atom is 0.235 e. The van der Waals surface area contributed by atoms with Gasteiger partial charge in [0.1, 0.15) is 0 Å². The molecule has 7 heteroatoms. The Morgan fingerprint density at radius 2 is 1.78 bits per heavy atom. The van der Waals surface area contributed by atoms with Crippen LogP contribution in [0.15, 0.2) is 30.3 Å². The first-order valence-electron chi connectivity index (χ1n) is 7.86. The highest BCUT2D eigenvalue weighted by Crippen LogP contribution is 2.20. The maximum atomic E-state index is 12.5. The summed E-state index contributed by atoms with van der Waals surface area (Å²) >= 11 is 1.62. The molecule has 0 spiro atoms. The molecule has 128 valence electrons. The summed E-state index contributed by atoms with van der Waals surface area (Å²) in [6.07, 6.45) is 0. The molecule has 0 saturated carbocycles. The van der Waals surface area contributed by atoms with E-state index in [1.165, 1.54) is 9.87 Å². The minimum atomic E-state index is -3.15. The number of sulfonamides is 1. The summed E-state index contributed by atoms with van der Waals surface area (Å²) in [4.78, 5) is 14.3. The van der Waals surface area contributed by atoms with Crippen LogP contribution in [-0.4, -0.2) is 60.7 Å². The van der Waals surface area contributed by atoms with Crippen LogP contribution >= 0.6 is 11.8 Å². The van der Waals surface area contributed by atoms with Gasteiger partial charge in [-0.3, -0.25) is 4.79 Å². The number of benzene rings is 1. The number of hydrogen-bond acceptors (Lipinski definition) is 4. The quantitative estimate of drug-likeness (QED) is 0.780. The number of carbonyl (C=O) groups excluding carboxylic acids is 1. The zero-order valence-electron chi connectivity index (χ0n) is 13.6. The molecule has 5 nitrogen and oxygen atoms in total. The molecule has 1 aromatic rings. The van der Waals surface area contributed by atoms with E-state index in [2.05, 4.69) is 12.1 Å². The Bertz CT molecular complexity index is 611. The number of thioether (sulfide) groups is 1. The first kappa shape index (κ1) is 18.3. The van der Waals surface area contributed by atoms with Crippen molar-refractivity contribution < 1.29 is 13.2 Å². The van der Waals surface area contributed by atoms with Crippen molar-refractivity contribution in [2.45, 2.75) is 24.9 Å². The van der Waals surface area contributed by atoms with E-state index < -0.39 is 10.0 Å². The molecule has 2 rings (SSSR count). The van der Waals surface area contributed by atoms with Gasteiger partial charge in [0, 0.05) is 31.9 Å². The highest BCUT2D eigenvalue weighted by atomic mass is 32.2. The number of nitrogens with zero attached hydrogens (tertiary/aromatic N) is 2. The van der Waals surface area contributed by atoms with Gasteiger partial charge in [0.15, 0.2) is 0 Å². The molecular formula is C16H24N2O3S2. The lowest BCUT2D eigenvalue weighted by Gasteiger charge is -2.35. The molecular weight excluding hydrogens is 332 g/mol. The summed E-state index contributed by atoms with van der Waals surface area (Å²) in [6, 6.07) is 10.1. The maximum absolute atomic E-state index is 12.5. The molecule has 1 saturated heterocycles. The van der Waals surface area contributed by atoms with Crippen molar-refractivity contribution in [3.05, 3.63) is 35.9 Å². The molecule has 1 aliphatic heterocycles. The Morgan fingerprint density at radius 3 is 2.35 bits per heavy atom. The lowest BCUT2D eigenvalue weighted by atomic mass is 10.2. The van der Waals surface area contributed by atoms with Gasteiger partial charge in [0.25, 0.3) is 0 Å². The van der Waals surface area contributed by atoms with Gasteiger partial charge in [0.05, 0.1) is 11.0 Å². The Morgan fingerprint density at radius 1 is 1.17 bits per heavy atom. The number of piperazine rings is 1. The molecule has 0 aromatic heterocycles. The molecule has 0 N–H and O–H groups in total. The Labute approximate surface area is 143 Å². The summed E-state index contributed by atoms with van der Waals surface area (Å²) in [5, 5.41) is -0.121. The monoisotopic (exact) mass is 356 g/mol. The smallest absolute Gasteiger partial charge is 0.235 e. The van der Waals surface area contributed by atoms with E-state index in [0.29, 0.717) is 26.2 Å². The molecule has 0 bridgehead atoms. The fourth-order valence-electron chi connectivity index (χ4n) is 2.49. The highest BCUT2D eigenvalue weighted by molar-refractivity contribution is 7.99. The first-order chi connectivity index (χ1) is 10.9. The van der Waals surface area contributed by atoms with Crippen molar-refractivity contribution in [2.75, 3.05) is 31.9 Å². The van der Waals surface area contributed by atoms with Gasteiger partial charge in [-0.2, -0.15) is 4.31 Å². The van der Waals surface area contributed by atoms with E-state index in [4.69, 9.17) is 0 Å². The number of rotatable bonds is 6. The van der Waals surface area contributed by atoms with Gasteiger partial charge in [0.2, 0.25) is 15.9 Å². The summed E-state index contributed by atoms with van der Waals surface area (Å²) in [6.45, 7) is 5.33. The predicted octanol–water partition coefficient (Wildman–Crippen LogP) is 1.80. The molecule has 1 fully saturated rings. The fraction of sp³-hybridized carbons (Fsp3) is 0.562. The zero-order valence-corrected chi connectivity index (χ0v) is 15.3. The minimum Gasteiger partial charge on any atom is -0.339 e. The molecule has 1 aliphatic rings. The van der Waals surface area contributed by atoms with Gasteiger partial charge in [-0.15, -0.1) is 11.8 Å². The fourth-order valence-corrected chi connectivity index (χ4v) is 4.50. The summed E-state index contributed by atoms with van der Waals surface area (Å²) in [7, 11) is -3.15.